The van der Waals surface area contributed by atoms with E-state index >= 15 is 0 Å². The first kappa shape index (κ1) is 17.5. The fourth-order valence-corrected chi connectivity index (χ4v) is 4.43. The van der Waals surface area contributed by atoms with Crippen molar-refractivity contribution in [3.63, 3.8) is 0 Å². The second-order valence-electron chi connectivity index (χ2n) is 6.92. The van der Waals surface area contributed by atoms with Gasteiger partial charge in [0.15, 0.2) is 0 Å². The topological polar surface area (TPSA) is 83.5 Å². The van der Waals surface area contributed by atoms with Crippen molar-refractivity contribution in [2.45, 2.75) is 44.4 Å². The average molecular weight is 373 g/mol. The van der Waals surface area contributed by atoms with Crippen LogP contribution in [0.1, 0.15) is 36.6 Å². The number of rotatable bonds is 3. The van der Waals surface area contributed by atoms with Crippen LogP contribution >= 0.6 is 11.3 Å². The van der Waals surface area contributed by atoms with Gasteiger partial charge in [-0.1, -0.05) is 12.1 Å². The first-order valence-corrected chi connectivity index (χ1v) is 9.89. The SMILES string of the molecule is Cc1ncsc1-c1ccc2c(c1)OCCC[C@H]2NC(=O)[C@@H]1C[C@@H](O)CN1. The fourth-order valence-electron chi connectivity index (χ4n) is 3.63. The number of aliphatic hydroxyl groups is 1. The third-order valence-electron chi connectivity index (χ3n) is 5.03. The smallest absolute Gasteiger partial charge is 0.237 e. The van der Waals surface area contributed by atoms with Crippen LogP contribution in [0.2, 0.25) is 0 Å². The molecule has 3 heterocycles. The third kappa shape index (κ3) is 3.47. The first-order valence-electron chi connectivity index (χ1n) is 9.01. The number of carbonyl (C=O) groups excluding carboxylic acids is 1. The zero-order chi connectivity index (χ0) is 18.1. The maximum absolute atomic E-state index is 12.5. The van der Waals surface area contributed by atoms with Crippen molar-refractivity contribution in [3.8, 4) is 16.2 Å². The van der Waals surface area contributed by atoms with E-state index in [0.717, 1.165) is 40.3 Å². The van der Waals surface area contributed by atoms with E-state index in [-0.39, 0.29) is 18.0 Å². The number of thiazole rings is 1. The van der Waals surface area contributed by atoms with Gasteiger partial charge in [0.25, 0.3) is 0 Å². The van der Waals surface area contributed by atoms with Crippen molar-refractivity contribution in [1.82, 2.24) is 15.6 Å². The van der Waals surface area contributed by atoms with Crippen molar-refractivity contribution < 1.29 is 14.6 Å². The monoisotopic (exact) mass is 373 g/mol. The van der Waals surface area contributed by atoms with Crippen LogP contribution < -0.4 is 15.4 Å². The lowest BCUT2D eigenvalue weighted by Crippen LogP contribution is -2.42. The van der Waals surface area contributed by atoms with Gasteiger partial charge in [0.2, 0.25) is 5.91 Å². The summed E-state index contributed by atoms with van der Waals surface area (Å²) < 4.78 is 5.96. The fraction of sp³-hybridized carbons (Fsp3) is 0.474. The number of β-amino-alcohol motifs (C(OH)–C–C–N with tert-alkyl or cyclic N) is 1. The molecule has 0 saturated carbocycles. The molecule has 1 aromatic carbocycles. The normalized spacial score (nSPS) is 25.2. The molecule has 1 amide bonds. The van der Waals surface area contributed by atoms with Gasteiger partial charge in [-0.05, 0) is 37.8 Å². The number of nitrogens with zero attached hydrogens (tertiary/aromatic N) is 1. The molecule has 3 atom stereocenters. The minimum Gasteiger partial charge on any atom is -0.493 e. The molecule has 0 unspecified atom stereocenters. The van der Waals surface area contributed by atoms with Crippen LogP contribution in [0.4, 0.5) is 0 Å². The largest absolute Gasteiger partial charge is 0.493 e. The molecule has 7 heteroatoms. The number of nitrogens with one attached hydrogen (secondary N) is 2. The van der Waals surface area contributed by atoms with E-state index in [4.69, 9.17) is 4.74 Å². The molecule has 1 aromatic heterocycles. The highest BCUT2D eigenvalue weighted by Crippen LogP contribution is 2.37. The van der Waals surface area contributed by atoms with Gasteiger partial charge in [-0.2, -0.15) is 0 Å². The zero-order valence-electron chi connectivity index (χ0n) is 14.7. The molecule has 2 aromatic rings. The van der Waals surface area contributed by atoms with Crippen LogP contribution in [-0.2, 0) is 4.79 Å². The highest BCUT2D eigenvalue weighted by molar-refractivity contribution is 7.13. The summed E-state index contributed by atoms with van der Waals surface area (Å²) in [5.41, 5.74) is 4.97. The summed E-state index contributed by atoms with van der Waals surface area (Å²) in [5.74, 6) is 0.777. The maximum atomic E-state index is 12.5. The average Bonchev–Trinajstić information content (AvgIpc) is 3.20. The van der Waals surface area contributed by atoms with Gasteiger partial charge in [-0.3, -0.25) is 4.79 Å². The Kier molecular flexibility index (Phi) is 4.93. The minimum atomic E-state index is -0.444. The summed E-state index contributed by atoms with van der Waals surface area (Å²) in [6.45, 7) is 3.12. The molecule has 1 saturated heterocycles. The van der Waals surface area contributed by atoms with Gasteiger partial charge in [-0.25, -0.2) is 4.98 Å². The maximum Gasteiger partial charge on any atom is 0.237 e. The Labute approximate surface area is 156 Å². The number of aliphatic hydroxyl groups excluding tert-OH is 1. The Morgan fingerprint density at radius 2 is 2.35 bits per heavy atom. The molecule has 6 nitrogen and oxygen atoms in total. The number of hydrogen-bond acceptors (Lipinski definition) is 6. The standard InChI is InChI=1S/C19H23N3O3S/c1-11-18(26-10-21-11)12-4-5-14-15(3-2-6-25-17(14)7-12)22-19(24)16-8-13(23)9-20-16/h4-5,7,10,13,15-16,20,23H,2-3,6,8-9H2,1H3,(H,22,24)/t13-,15-,16+/m1/s1. The summed E-state index contributed by atoms with van der Waals surface area (Å²) in [6, 6.07) is 5.78. The summed E-state index contributed by atoms with van der Waals surface area (Å²) in [6.07, 6.45) is 1.74. The third-order valence-corrected chi connectivity index (χ3v) is 6.01. The molecule has 1 fully saturated rings. The predicted molar refractivity (Wildman–Crippen MR) is 100 cm³/mol. The van der Waals surface area contributed by atoms with E-state index in [0.29, 0.717) is 19.6 Å². The number of ether oxygens (including phenoxy) is 1. The number of fused-ring (bicyclic) bond motifs is 1. The Morgan fingerprint density at radius 3 is 3.08 bits per heavy atom. The van der Waals surface area contributed by atoms with Crippen molar-refractivity contribution in [3.05, 3.63) is 35.0 Å². The van der Waals surface area contributed by atoms with Crippen molar-refractivity contribution >= 4 is 17.2 Å². The van der Waals surface area contributed by atoms with Crippen molar-refractivity contribution in [2.75, 3.05) is 13.2 Å². The Morgan fingerprint density at radius 1 is 1.46 bits per heavy atom. The quantitative estimate of drug-likeness (QED) is 0.768. The van der Waals surface area contributed by atoms with Gasteiger partial charge in [0.05, 0.1) is 40.9 Å². The van der Waals surface area contributed by atoms with E-state index in [1.54, 1.807) is 11.3 Å². The molecular formula is C19H23N3O3S. The lowest BCUT2D eigenvalue weighted by atomic mass is 9.99. The summed E-state index contributed by atoms with van der Waals surface area (Å²) in [4.78, 5) is 18.0. The molecule has 26 heavy (non-hydrogen) atoms. The summed E-state index contributed by atoms with van der Waals surface area (Å²) in [5, 5.41) is 15.8. The molecule has 0 aliphatic carbocycles. The van der Waals surface area contributed by atoms with Gasteiger partial charge in [-0.15, -0.1) is 11.3 Å². The highest BCUT2D eigenvalue weighted by atomic mass is 32.1. The van der Waals surface area contributed by atoms with Crippen molar-refractivity contribution in [2.24, 2.45) is 0 Å². The number of hydrogen-bond donors (Lipinski definition) is 3. The molecule has 0 radical (unpaired) electrons. The minimum absolute atomic E-state index is 0.0539. The van der Waals surface area contributed by atoms with Crippen LogP contribution in [0, 0.1) is 6.92 Å². The van der Waals surface area contributed by atoms with E-state index in [2.05, 4.69) is 33.8 Å². The Bertz CT molecular complexity index is 807. The summed E-state index contributed by atoms with van der Waals surface area (Å²) in [7, 11) is 0. The molecule has 0 bridgehead atoms. The van der Waals surface area contributed by atoms with Crippen molar-refractivity contribution in [1.29, 1.82) is 0 Å². The molecule has 2 aliphatic heterocycles. The zero-order valence-corrected chi connectivity index (χ0v) is 15.5. The lowest BCUT2D eigenvalue weighted by Gasteiger charge is -2.21. The predicted octanol–water partition coefficient (Wildman–Crippen LogP) is 2.17. The van der Waals surface area contributed by atoms with Crippen LogP contribution in [0.15, 0.2) is 23.7 Å². The second kappa shape index (κ2) is 7.34. The summed E-state index contributed by atoms with van der Waals surface area (Å²) >= 11 is 1.62. The Hall–Kier alpha value is -1.96. The number of amides is 1. The lowest BCUT2D eigenvalue weighted by molar-refractivity contribution is -0.123. The van der Waals surface area contributed by atoms with E-state index in [1.165, 1.54) is 0 Å². The van der Waals surface area contributed by atoms with Gasteiger partial charge in [0.1, 0.15) is 5.75 Å². The molecular weight excluding hydrogens is 350 g/mol. The van der Waals surface area contributed by atoms with Crippen LogP contribution in [0.25, 0.3) is 10.4 Å². The van der Waals surface area contributed by atoms with Gasteiger partial charge >= 0.3 is 0 Å². The van der Waals surface area contributed by atoms with Crippen LogP contribution in [0.3, 0.4) is 0 Å². The highest BCUT2D eigenvalue weighted by Gasteiger charge is 2.30. The molecule has 0 spiro atoms. The van der Waals surface area contributed by atoms with Crippen LogP contribution in [-0.4, -0.2) is 41.3 Å². The first-order chi connectivity index (χ1) is 12.6. The van der Waals surface area contributed by atoms with E-state index < -0.39 is 6.10 Å². The molecule has 4 rings (SSSR count). The molecule has 3 N–H and O–H groups in total. The van der Waals surface area contributed by atoms with E-state index in [9.17, 15) is 9.90 Å². The number of carbonyl (C=O) groups is 1. The van der Waals surface area contributed by atoms with Crippen LogP contribution in [0.5, 0.6) is 5.75 Å². The number of aryl methyl sites for hydroxylation is 1. The van der Waals surface area contributed by atoms with E-state index in [1.807, 2.05) is 12.4 Å². The Balaban J connectivity index is 1.57. The van der Waals surface area contributed by atoms with Gasteiger partial charge in [0, 0.05) is 12.1 Å². The number of benzene rings is 1. The van der Waals surface area contributed by atoms with Gasteiger partial charge < -0.3 is 20.5 Å². The number of aromatic nitrogens is 1. The molecule has 2 aliphatic rings. The second-order valence-corrected chi connectivity index (χ2v) is 7.78. The molecule has 138 valence electrons.